The van der Waals surface area contributed by atoms with E-state index in [0.29, 0.717) is 6.10 Å². The van der Waals surface area contributed by atoms with Gasteiger partial charge in [0.1, 0.15) is 5.75 Å². The number of ether oxygens (including phenoxy) is 1. The molecule has 0 amide bonds. The third-order valence-corrected chi connectivity index (χ3v) is 6.52. The first-order valence-electron chi connectivity index (χ1n) is 11.2. The SMILES string of the molecule is CN=C(NCc1ccccc1OC1CCC1)N1CCC(CN2CCCCC2)C1. The predicted octanol–water partition coefficient (Wildman–Crippen LogP) is 3.50. The van der Waals surface area contributed by atoms with E-state index in [2.05, 4.69) is 44.4 Å². The van der Waals surface area contributed by atoms with E-state index in [1.165, 1.54) is 70.1 Å². The summed E-state index contributed by atoms with van der Waals surface area (Å²) in [5.41, 5.74) is 1.22. The molecule has 1 N–H and O–H groups in total. The number of nitrogens with zero attached hydrogens (tertiary/aromatic N) is 3. The van der Waals surface area contributed by atoms with E-state index in [-0.39, 0.29) is 0 Å². The lowest BCUT2D eigenvalue weighted by Crippen LogP contribution is -2.41. The average Bonchev–Trinajstić information content (AvgIpc) is 3.15. The summed E-state index contributed by atoms with van der Waals surface area (Å²) in [4.78, 5) is 9.66. The summed E-state index contributed by atoms with van der Waals surface area (Å²) < 4.78 is 6.18. The second-order valence-electron chi connectivity index (χ2n) is 8.64. The van der Waals surface area contributed by atoms with Crippen molar-refractivity contribution >= 4 is 5.96 Å². The molecule has 4 rings (SSSR count). The standard InChI is InChI=1S/C23H36N4O/c1-24-23(27-15-12-19(18-27)17-26-13-5-2-6-14-26)25-16-20-8-3-4-11-22(20)28-21-9-7-10-21/h3-4,8,11,19,21H,2,5-7,9-10,12-18H2,1H3,(H,24,25). The predicted molar refractivity (Wildman–Crippen MR) is 115 cm³/mol. The van der Waals surface area contributed by atoms with Gasteiger partial charge < -0.3 is 19.9 Å². The fourth-order valence-electron chi connectivity index (χ4n) is 4.62. The number of nitrogens with one attached hydrogen (secondary N) is 1. The Kier molecular flexibility index (Phi) is 6.73. The summed E-state index contributed by atoms with van der Waals surface area (Å²) in [6.07, 6.45) is 9.53. The second kappa shape index (κ2) is 9.64. The highest BCUT2D eigenvalue weighted by Crippen LogP contribution is 2.27. The van der Waals surface area contributed by atoms with Crippen LogP contribution in [0.1, 0.15) is 50.5 Å². The zero-order valence-corrected chi connectivity index (χ0v) is 17.4. The zero-order chi connectivity index (χ0) is 19.2. The highest BCUT2D eigenvalue weighted by Gasteiger charge is 2.27. The van der Waals surface area contributed by atoms with Gasteiger partial charge in [0.15, 0.2) is 5.96 Å². The van der Waals surface area contributed by atoms with Crippen molar-refractivity contribution in [2.75, 3.05) is 39.8 Å². The summed E-state index contributed by atoms with van der Waals surface area (Å²) in [7, 11) is 1.90. The van der Waals surface area contributed by atoms with Gasteiger partial charge in [-0.05, 0) is 63.6 Å². The number of likely N-dealkylation sites (tertiary alicyclic amines) is 2. The molecule has 2 heterocycles. The van der Waals surface area contributed by atoms with Crippen LogP contribution in [0.5, 0.6) is 5.75 Å². The molecule has 0 bridgehead atoms. The maximum Gasteiger partial charge on any atom is 0.193 e. The van der Waals surface area contributed by atoms with Gasteiger partial charge in [-0.15, -0.1) is 0 Å². The molecule has 2 aliphatic heterocycles. The Bertz CT molecular complexity index is 652. The lowest BCUT2D eigenvalue weighted by molar-refractivity contribution is 0.119. The average molecular weight is 385 g/mol. The van der Waals surface area contributed by atoms with Crippen molar-refractivity contribution in [3.63, 3.8) is 0 Å². The summed E-state index contributed by atoms with van der Waals surface area (Å²) in [5.74, 6) is 2.82. The molecule has 1 atom stereocenters. The molecule has 3 aliphatic rings. The molecule has 1 aromatic carbocycles. The molecule has 0 aromatic heterocycles. The molecular weight excluding hydrogens is 348 g/mol. The molecule has 154 valence electrons. The number of rotatable bonds is 6. The Morgan fingerprint density at radius 1 is 1.07 bits per heavy atom. The molecule has 0 spiro atoms. The van der Waals surface area contributed by atoms with Crippen LogP contribution in [-0.2, 0) is 6.54 Å². The number of hydrogen-bond acceptors (Lipinski definition) is 3. The first kappa shape index (κ1) is 19.6. The first-order chi connectivity index (χ1) is 13.8. The molecule has 1 aromatic rings. The second-order valence-corrected chi connectivity index (χ2v) is 8.64. The van der Waals surface area contributed by atoms with Crippen LogP contribution >= 0.6 is 0 Å². The van der Waals surface area contributed by atoms with Gasteiger partial charge in [-0.1, -0.05) is 24.6 Å². The minimum Gasteiger partial charge on any atom is -0.490 e. The van der Waals surface area contributed by atoms with Gasteiger partial charge in [0.25, 0.3) is 0 Å². The van der Waals surface area contributed by atoms with Gasteiger partial charge in [-0.25, -0.2) is 0 Å². The Hall–Kier alpha value is -1.75. The Balaban J connectivity index is 1.28. The van der Waals surface area contributed by atoms with Crippen LogP contribution in [0.15, 0.2) is 29.3 Å². The number of para-hydroxylation sites is 1. The van der Waals surface area contributed by atoms with Crippen molar-refractivity contribution in [1.29, 1.82) is 0 Å². The molecule has 5 nitrogen and oxygen atoms in total. The van der Waals surface area contributed by atoms with Crippen LogP contribution in [0.3, 0.4) is 0 Å². The summed E-state index contributed by atoms with van der Waals surface area (Å²) in [6, 6.07) is 8.43. The molecule has 3 fully saturated rings. The van der Waals surface area contributed by atoms with Gasteiger partial charge in [0.05, 0.1) is 6.10 Å². The molecule has 1 aliphatic carbocycles. The molecule has 5 heteroatoms. The maximum absolute atomic E-state index is 6.18. The molecule has 28 heavy (non-hydrogen) atoms. The Labute approximate surface area is 170 Å². The normalized spacial score (nSPS) is 24.2. The minimum absolute atomic E-state index is 0.412. The van der Waals surface area contributed by atoms with Crippen LogP contribution in [0.4, 0.5) is 0 Å². The third-order valence-electron chi connectivity index (χ3n) is 6.52. The smallest absolute Gasteiger partial charge is 0.193 e. The largest absolute Gasteiger partial charge is 0.490 e. The highest BCUT2D eigenvalue weighted by atomic mass is 16.5. The fourth-order valence-corrected chi connectivity index (χ4v) is 4.62. The van der Waals surface area contributed by atoms with Gasteiger partial charge in [0.2, 0.25) is 0 Å². The van der Waals surface area contributed by atoms with E-state index < -0.39 is 0 Å². The van der Waals surface area contributed by atoms with Crippen LogP contribution in [0.25, 0.3) is 0 Å². The van der Waals surface area contributed by atoms with E-state index in [9.17, 15) is 0 Å². The fraction of sp³-hybridized carbons (Fsp3) is 0.696. The molecule has 1 saturated carbocycles. The van der Waals surface area contributed by atoms with Crippen molar-refractivity contribution in [3.05, 3.63) is 29.8 Å². The van der Waals surface area contributed by atoms with E-state index in [0.717, 1.165) is 37.3 Å². The van der Waals surface area contributed by atoms with Crippen LogP contribution in [0, 0.1) is 5.92 Å². The lowest BCUT2D eigenvalue weighted by atomic mass is 9.96. The topological polar surface area (TPSA) is 40.1 Å². The van der Waals surface area contributed by atoms with Crippen LogP contribution in [0.2, 0.25) is 0 Å². The molecule has 0 radical (unpaired) electrons. The minimum atomic E-state index is 0.412. The number of benzene rings is 1. The number of hydrogen-bond donors (Lipinski definition) is 1. The lowest BCUT2D eigenvalue weighted by Gasteiger charge is -2.29. The van der Waals surface area contributed by atoms with Crippen molar-refractivity contribution < 1.29 is 4.74 Å². The Morgan fingerprint density at radius 3 is 2.64 bits per heavy atom. The van der Waals surface area contributed by atoms with E-state index in [4.69, 9.17) is 4.74 Å². The van der Waals surface area contributed by atoms with Gasteiger partial charge >= 0.3 is 0 Å². The molecular formula is C23H36N4O. The molecule has 2 saturated heterocycles. The zero-order valence-electron chi connectivity index (χ0n) is 17.4. The maximum atomic E-state index is 6.18. The summed E-state index contributed by atoms with van der Waals surface area (Å²) in [6.45, 7) is 6.84. The van der Waals surface area contributed by atoms with Crippen molar-refractivity contribution in [3.8, 4) is 5.75 Å². The number of piperidine rings is 1. The molecule has 1 unspecified atom stereocenters. The van der Waals surface area contributed by atoms with E-state index in [1.54, 1.807) is 0 Å². The van der Waals surface area contributed by atoms with E-state index >= 15 is 0 Å². The quantitative estimate of drug-likeness (QED) is 0.602. The van der Waals surface area contributed by atoms with Gasteiger partial charge in [-0.3, -0.25) is 4.99 Å². The summed E-state index contributed by atoms with van der Waals surface area (Å²) >= 11 is 0. The number of aliphatic imine (C=N–C) groups is 1. The summed E-state index contributed by atoms with van der Waals surface area (Å²) in [5, 5.41) is 3.58. The van der Waals surface area contributed by atoms with Gasteiger partial charge in [-0.2, -0.15) is 0 Å². The van der Waals surface area contributed by atoms with Crippen molar-refractivity contribution in [2.45, 2.75) is 57.6 Å². The number of guanidine groups is 1. The monoisotopic (exact) mass is 384 g/mol. The van der Waals surface area contributed by atoms with Crippen molar-refractivity contribution in [1.82, 2.24) is 15.1 Å². The van der Waals surface area contributed by atoms with Crippen LogP contribution in [-0.4, -0.2) is 61.6 Å². The van der Waals surface area contributed by atoms with E-state index in [1.807, 2.05) is 7.05 Å². The first-order valence-corrected chi connectivity index (χ1v) is 11.2. The van der Waals surface area contributed by atoms with Gasteiger partial charge in [0, 0.05) is 38.8 Å². The third kappa shape index (κ3) is 4.99. The highest BCUT2D eigenvalue weighted by molar-refractivity contribution is 5.80. The van der Waals surface area contributed by atoms with Crippen molar-refractivity contribution in [2.24, 2.45) is 10.9 Å². The Morgan fingerprint density at radius 2 is 1.89 bits per heavy atom. The van der Waals surface area contributed by atoms with Crippen LogP contribution < -0.4 is 10.1 Å².